The number of halogens is 1. The Morgan fingerprint density at radius 2 is 1.95 bits per heavy atom. The summed E-state index contributed by atoms with van der Waals surface area (Å²) in [6.45, 7) is 6.51. The van der Waals surface area contributed by atoms with Crippen molar-refractivity contribution in [1.29, 1.82) is 0 Å². The molecule has 1 aromatic heterocycles. The van der Waals surface area contributed by atoms with Crippen LogP contribution in [0.1, 0.15) is 62.7 Å². The van der Waals surface area contributed by atoms with Crippen LogP contribution in [0.5, 0.6) is 0 Å². The molecule has 1 unspecified atom stereocenters. The highest BCUT2D eigenvalue weighted by molar-refractivity contribution is 6.20. The molecule has 0 aliphatic heterocycles. The highest BCUT2D eigenvalue weighted by Gasteiger charge is 2.33. The zero-order chi connectivity index (χ0) is 14.3. The Morgan fingerprint density at radius 3 is 2.60 bits per heavy atom. The van der Waals surface area contributed by atoms with Gasteiger partial charge in [-0.25, -0.2) is 4.98 Å². The zero-order valence-electron chi connectivity index (χ0n) is 12.6. The van der Waals surface area contributed by atoms with Gasteiger partial charge in [-0.3, -0.25) is 0 Å². The van der Waals surface area contributed by atoms with Gasteiger partial charge in [0, 0.05) is 5.54 Å². The maximum atomic E-state index is 6.42. The van der Waals surface area contributed by atoms with Crippen LogP contribution in [0, 0.1) is 6.92 Å². The first-order chi connectivity index (χ1) is 9.51. The largest absolute Gasteiger partial charge is 0.321 e. The molecule has 20 heavy (non-hydrogen) atoms. The second-order valence-corrected chi connectivity index (χ2v) is 7.13. The molecule has 1 atom stereocenters. The Labute approximate surface area is 126 Å². The highest BCUT2D eigenvalue weighted by Crippen LogP contribution is 2.40. The van der Waals surface area contributed by atoms with Crippen LogP contribution in [-0.4, -0.2) is 9.55 Å². The molecule has 1 saturated carbocycles. The van der Waals surface area contributed by atoms with Crippen LogP contribution in [0.25, 0.3) is 11.0 Å². The van der Waals surface area contributed by atoms with E-state index in [1.165, 1.54) is 43.2 Å². The van der Waals surface area contributed by atoms with Crippen molar-refractivity contribution in [1.82, 2.24) is 9.55 Å². The van der Waals surface area contributed by atoms with Gasteiger partial charge in [0.25, 0.3) is 0 Å². The third-order valence-corrected chi connectivity index (χ3v) is 4.86. The van der Waals surface area contributed by atoms with Crippen molar-refractivity contribution in [3.63, 3.8) is 0 Å². The lowest BCUT2D eigenvalue weighted by molar-refractivity contribution is 0.219. The Morgan fingerprint density at radius 1 is 1.25 bits per heavy atom. The molecular weight excluding hydrogens is 268 g/mol. The summed E-state index contributed by atoms with van der Waals surface area (Å²) < 4.78 is 2.43. The molecule has 0 saturated heterocycles. The lowest BCUT2D eigenvalue weighted by atomic mass is 9.82. The fraction of sp³-hybridized carbons (Fsp3) is 0.588. The molecule has 0 amide bonds. The van der Waals surface area contributed by atoms with Gasteiger partial charge in [0.1, 0.15) is 5.82 Å². The standard InChI is InChI=1S/C17H23ClN2/c1-12-7-8-15-14(11-12)19-16(13(2)18)20(15)17(3)9-5-4-6-10-17/h7-8,11,13H,4-6,9-10H2,1-3H3. The number of rotatable bonds is 2. The second-order valence-electron chi connectivity index (χ2n) is 6.47. The van der Waals surface area contributed by atoms with E-state index in [1.54, 1.807) is 0 Å². The summed E-state index contributed by atoms with van der Waals surface area (Å²) in [4.78, 5) is 4.82. The first-order valence-electron chi connectivity index (χ1n) is 7.65. The molecule has 108 valence electrons. The number of benzene rings is 1. The number of imidazole rings is 1. The third kappa shape index (κ3) is 2.24. The van der Waals surface area contributed by atoms with Crippen molar-refractivity contribution in [2.45, 2.75) is 63.8 Å². The van der Waals surface area contributed by atoms with Gasteiger partial charge in [0.05, 0.1) is 16.4 Å². The van der Waals surface area contributed by atoms with Crippen LogP contribution in [0.4, 0.5) is 0 Å². The smallest absolute Gasteiger partial charge is 0.128 e. The molecule has 2 nitrogen and oxygen atoms in total. The van der Waals surface area contributed by atoms with Crippen molar-refractivity contribution in [2.75, 3.05) is 0 Å². The summed E-state index contributed by atoms with van der Waals surface area (Å²) in [5.41, 5.74) is 3.74. The normalized spacial score (nSPS) is 20.2. The average molecular weight is 291 g/mol. The van der Waals surface area contributed by atoms with E-state index < -0.39 is 0 Å². The van der Waals surface area contributed by atoms with Crippen molar-refractivity contribution < 1.29 is 0 Å². The van der Waals surface area contributed by atoms with E-state index in [1.807, 2.05) is 6.92 Å². The molecule has 3 heteroatoms. The first kappa shape index (κ1) is 13.9. The van der Waals surface area contributed by atoms with Gasteiger partial charge >= 0.3 is 0 Å². The van der Waals surface area contributed by atoms with Gasteiger partial charge in [-0.15, -0.1) is 11.6 Å². The van der Waals surface area contributed by atoms with E-state index in [0.717, 1.165) is 11.3 Å². The van der Waals surface area contributed by atoms with Gasteiger partial charge in [-0.1, -0.05) is 25.3 Å². The van der Waals surface area contributed by atoms with E-state index >= 15 is 0 Å². The molecule has 0 bridgehead atoms. The summed E-state index contributed by atoms with van der Waals surface area (Å²) in [6, 6.07) is 6.55. The second kappa shape index (κ2) is 5.07. The Bertz CT molecular complexity index is 621. The summed E-state index contributed by atoms with van der Waals surface area (Å²) in [7, 11) is 0. The number of nitrogens with zero attached hydrogens (tertiary/aromatic N) is 2. The molecule has 0 spiro atoms. The average Bonchev–Trinajstić information content (AvgIpc) is 2.79. The molecule has 0 radical (unpaired) electrons. The number of fused-ring (bicyclic) bond motifs is 1. The van der Waals surface area contributed by atoms with Gasteiger partial charge in [0.2, 0.25) is 0 Å². The van der Waals surface area contributed by atoms with E-state index in [4.69, 9.17) is 16.6 Å². The monoisotopic (exact) mass is 290 g/mol. The lowest BCUT2D eigenvalue weighted by Crippen LogP contribution is -2.34. The first-order valence-corrected chi connectivity index (χ1v) is 8.08. The molecule has 1 aliphatic carbocycles. The van der Waals surface area contributed by atoms with Gasteiger partial charge in [-0.05, 0) is 51.3 Å². The fourth-order valence-electron chi connectivity index (χ4n) is 3.58. The number of hydrogen-bond donors (Lipinski definition) is 0. The molecule has 1 aliphatic rings. The molecule has 1 heterocycles. The molecular formula is C17H23ClN2. The van der Waals surface area contributed by atoms with Crippen molar-refractivity contribution in [3.05, 3.63) is 29.6 Å². The minimum Gasteiger partial charge on any atom is -0.321 e. The minimum atomic E-state index is -0.0542. The number of aryl methyl sites for hydroxylation is 1. The summed E-state index contributed by atoms with van der Waals surface area (Å²) in [5, 5.41) is -0.0542. The Kier molecular flexibility index (Phi) is 3.53. The van der Waals surface area contributed by atoms with Crippen LogP contribution in [0.2, 0.25) is 0 Å². The fourth-order valence-corrected chi connectivity index (χ4v) is 3.73. The van der Waals surface area contributed by atoms with Crippen molar-refractivity contribution in [2.24, 2.45) is 0 Å². The maximum Gasteiger partial charge on any atom is 0.128 e. The summed E-state index contributed by atoms with van der Waals surface area (Å²) >= 11 is 6.42. The molecule has 1 fully saturated rings. The van der Waals surface area contributed by atoms with Crippen LogP contribution >= 0.6 is 11.6 Å². The molecule has 1 aromatic carbocycles. The van der Waals surface area contributed by atoms with Crippen LogP contribution < -0.4 is 0 Å². The summed E-state index contributed by atoms with van der Waals surface area (Å²) in [5.74, 6) is 1.02. The van der Waals surface area contributed by atoms with Crippen molar-refractivity contribution >= 4 is 22.6 Å². The van der Waals surface area contributed by atoms with Crippen LogP contribution in [0.3, 0.4) is 0 Å². The van der Waals surface area contributed by atoms with E-state index in [0.29, 0.717) is 0 Å². The quantitative estimate of drug-likeness (QED) is 0.684. The Balaban J connectivity index is 2.23. The third-order valence-electron chi connectivity index (χ3n) is 4.66. The predicted octanol–water partition coefficient (Wildman–Crippen LogP) is 5.32. The molecule has 0 N–H and O–H groups in total. The predicted molar refractivity (Wildman–Crippen MR) is 85.5 cm³/mol. The van der Waals surface area contributed by atoms with Gasteiger partial charge < -0.3 is 4.57 Å². The topological polar surface area (TPSA) is 17.8 Å². The zero-order valence-corrected chi connectivity index (χ0v) is 13.4. The Hall–Kier alpha value is -1.02. The molecule has 2 aromatic rings. The number of hydrogen-bond acceptors (Lipinski definition) is 1. The van der Waals surface area contributed by atoms with E-state index in [-0.39, 0.29) is 10.9 Å². The SMILES string of the molecule is Cc1ccc2c(c1)nc(C(C)Cl)n2C1(C)CCCCC1. The highest BCUT2D eigenvalue weighted by atomic mass is 35.5. The number of aromatic nitrogens is 2. The van der Waals surface area contributed by atoms with Crippen LogP contribution in [0.15, 0.2) is 18.2 Å². The lowest BCUT2D eigenvalue weighted by Gasteiger charge is -2.37. The van der Waals surface area contributed by atoms with Gasteiger partial charge in [0.15, 0.2) is 0 Å². The molecule has 3 rings (SSSR count). The minimum absolute atomic E-state index is 0.0542. The van der Waals surface area contributed by atoms with Crippen molar-refractivity contribution in [3.8, 4) is 0 Å². The maximum absolute atomic E-state index is 6.42. The summed E-state index contributed by atoms with van der Waals surface area (Å²) in [6.07, 6.45) is 6.41. The van der Waals surface area contributed by atoms with Gasteiger partial charge in [-0.2, -0.15) is 0 Å². The number of alkyl halides is 1. The van der Waals surface area contributed by atoms with E-state index in [2.05, 4.69) is 36.6 Å². The van der Waals surface area contributed by atoms with E-state index in [9.17, 15) is 0 Å². The van der Waals surface area contributed by atoms with Crippen LogP contribution in [-0.2, 0) is 5.54 Å².